The SMILES string of the molecule is CC(=O)c1c(-c2ccccc2)c(-c2ccccc2)n(-c2ccccc2)c1C. The molecule has 0 bridgehead atoms. The molecule has 0 aliphatic heterocycles. The van der Waals surface area contributed by atoms with E-state index in [0.717, 1.165) is 39.3 Å². The fraction of sp³-hybridized carbons (Fsp3) is 0.0800. The molecule has 2 heteroatoms. The highest BCUT2D eigenvalue weighted by molar-refractivity contribution is 6.06. The van der Waals surface area contributed by atoms with Gasteiger partial charge in [-0.1, -0.05) is 78.9 Å². The number of hydrogen-bond donors (Lipinski definition) is 0. The van der Waals surface area contributed by atoms with E-state index >= 15 is 0 Å². The molecule has 27 heavy (non-hydrogen) atoms. The van der Waals surface area contributed by atoms with Crippen LogP contribution in [0.3, 0.4) is 0 Å². The van der Waals surface area contributed by atoms with Gasteiger partial charge in [0.2, 0.25) is 0 Å². The van der Waals surface area contributed by atoms with Crippen LogP contribution in [0.15, 0.2) is 91.0 Å². The van der Waals surface area contributed by atoms with Crippen LogP contribution < -0.4 is 0 Å². The van der Waals surface area contributed by atoms with Crippen LogP contribution in [0.1, 0.15) is 23.0 Å². The zero-order valence-corrected chi connectivity index (χ0v) is 15.5. The predicted molar refractivity (Wildman–Crippen MR) is 111 cm³/mol. The third-order valence-electron chi connectivity index (χ3n) is 4.88. The van der Waals surface area contributed by atoms with Crippen molar-refractivity contribution in [1.82, 2.24) is 4.57 Å². The fourth-order valence-corrected chi connectivity index (χ4v) is 3.78. The van der Waals surface area contributed by atoms with E-state index in [1.54, 1.807) is 6.92 Å². The Morgan fingerprint density at radius 1 is 0.704 bits per heavy atom. The molecule has 1 aromatic heterocycles. The van der Waals surface area contributed by atoms with E-state index in [4.69, 9.17) is 0 Å². The number of hydrogen-bond acceptors (Lipinski definition) is 1. The summed E-state index contributed by atoms with van der Waals surface area (Å²) < 4.78 is 2.20. The lowest BCUT2D eigenvalue weighted by Crippen LogP contribution is -2.01. The quantitative estimate of drug-likeness (QED) is 0.394. The Morgan fingerprint density at radius 3 is 1.70 bits per heavy atom. The first kappa shape index (κ1) is 17.0. The summed E-state index contributed by atoms with van der Waals surface area (Å²) in [6.07, 6.45) is 0. The number of nitrogens with zero attached hydrogens (tertiary/aromatic N) is 1. The maximum absolute atomic E-state index is 12.7. The average molecular weight is 351 g/mol. The third-order valence-corrected chi connectivity index (χ3v) is 4.88. The number of benzene rings is 3. The zero-order chi connectivity index (χ0) is 18.8. The molecule has 0 atom stereocenters. The summed E-state index contributed by atoms with van der Waals surface area (Å²) in [5.74, 6) is 0.0817. The minimum absolute atomic E-state index is 0.0817. The van der Waals surface area contributed by atoms with Crippen molar-refractivity contribution >= 4 is 5.78 Å². The van der Waals surface area contributed by atoms with Crippen molar-refractivity contribution in [3.8, 4) is 28.1 Å². The molecule has 132 valence electrons. The largest absolute Gasteiger partial charge is 0.313 e. The molecule has 2 nitrogen and oxygen atoms in total. The van der Waals surface area contributed by atoms with Gasteiger partial charge in [-0.2, -0.15) is 0 Å². The van der Waals surface area contributed by atoms with Gasteiger partial charge in [0.25, 0.3) is 0 Å². The average Bonchev–Trinajstić information content (AvgIpc) is 3.03. The van der Waals surface area contributed by atoms with E-state index < -0.39 is 0 Å². The molecule has 0 radical (unpaired) electrons. The van der Waals surface area contributed by atoms with E-state index in [0.29, 0.717) is 0 Å². The van der Waals surface area contributed by atoms with Gasteiger partial charge in [-0.25, -0.2) is 0 Å². The smallest absolute Gasteiger partial charge is 0.162 e. The number of para-hydroxylation sites is 1. The lowest BCUT2D eigenvalue weighted by molar-refractivity contribution is 0.101. The first-order valence-corrected chi connectivity index (χ1v) is 9.11. The van der Waals surface area contributed by atoms with Gasteiger partial charge in [-0.15, -0.1) is 0 Å². The number of ketones is 1. The summed E-state index contributed by atoms with van der Waals surface area (Å²) in [4.78, 5) is 12.7. The molecule has 0 fully saturated rings. The maximum atomic E-state index is 12.7. The minimum Gasteiger partial charge on any atom is -0.313 e. The van der Waals surface area contributed by atoms with Crippen LogP contribution in [0.25, 0.3) is 28.1 Å². The Kier molecular flexibility index (Phi) is 4.47. The number of carbonyl (C=O) groups is 1. The molecular formula is C25H21NO. The molecule has 0 aliphatic rings. The van der Waals surface area contributed by atoms with Crippen LogP contribution in [-0.4, -0.2) is 10.4 Å². The summed E-state index contributed by atoms with van der Waals surface area (Å²) in [5, 5.41) is 0. The molecule has 0 amide bonds. The third kappa shape index (κ3) is 3.00. The van der Waals surface area contributed by atoms with Gasteiger partial charge in [0.15, 0.2) is 5.78 Å². The van der Waals surface area contributed by atoms with Gasteiger partial charge in [0.1, 0.15) is 0 Å². The number of aromatic nitrogens is 1. The second-order valence-corrected chi connectivity index (χ2v) is 6.64. The van der Waals surface area contributed by atoms with Crippen molar-refractivity contribution < 1.29 is 4.79 Å². The first-order chi connectivity index (χ1) is 13.2. The Balaban J connectivity index is 2.16. The molecule has 4 rings (SSSR count). The van der Waals surface area contributed by atoms with E-state index in [-0.39, 0.29) is 5.78 Å². The lowest BCUT2D eigenvalue weighted by atomic mass is 9.95. The van der Waals surface area contributed by atoms with Crippen LogP contribution in [-0.2, 0) is 0 Å². The monoisotopic (exact) mass is 351 g/mol. The van der Waals surface area contributed by atoms with E-state index in [1.165, 1.54) is 0 Å². The van der Waals surface area contributed by atoms with Crippen LogP contribution in [0.2, 0.25) is 0 Å². The van der Waals surface area contributed by atoms with Gasteiger partial charge >= 0.3 is 0 Å². The van der Waals surface area contributed by atoms with E-state index in [1.807, 2.05) is 61.5 Å². The summed E-state index contributed by atoms with van der Waals surface area (Å²) in [5.41, 5.74) is 7.00. The molecule has 3 aromatic carbocycles. The lowest BCUT2D eigenvalue weighted by Gasteiger charge is -2.14. The number of carbonyl (C=O) groups excluding carboxylic acids is 1. The molecule has 0 saturated carbocycles. The highest BCUT2D eigenvalue weighted by atomic mass is 16.1. The molecule has 4 aromatic rings. The minimum atomic E-state index is 0.0817. The maximum Gasteiger partial charge on any atom is 0.162 e. The highest BCUT2D eigenvalue weighted by Gasteiger charge is 2.25. The van der Waals surface area contributed by atoms with E-state index in [2.05, 4.69) is 41.0 Å². The Hall–Kier alpha value is -3.39. The van der Waals surface area contributed by atoms with Gasteiger partial charge in [-0.05, 0) is 37.1 Å². The normalized spacial score (nSPS) is 10.7. The molecule has 1 heterocycles. The van der Waals surface area contributed by atoms with Gasteiger partial charge in [-0.3, -0.25) is 4.79 Å². The van der Waals surface area contributed by atoms with E-state index in [9.17, 15) is 4.79 Å². The van der Waals surface area contributed by atoms with Crippen molar-refractivity contribution in [3.63, 3.8) is 0 Å². The van der Waals surface area contributed by atoms with Crippen molar-refractivity contribution in [3.05, 3.63) is 102 Å². The van der Waals surface area contributed by atoms with Crippen molar-refractivity contribution in [2.45, 2.75) is 13.8 Å². The Labute approximate surface area is 159 Å². The van der Waals surface area contributed by atoms with Crippen molar-refractivity contribution in [2.24, 2.45) is 0 Å². The van der Waals surface area contributed by atoms with Gasteiger partial charge in [0.05, 0.1) is 5.69 Å². The standard InChI is InChI=1S/C25H21NO/c1-18-23(19(2)27)24(20-12-6-3-7-13-20)25(21-14-8-4-9-15-21)26(18)22-16-10-5-11-17-22/h3-17H,1-2H3. The second kappa shape index (κ2) is 7.08. The number of rotatable bonds is 4. The summed E-state index contributed by atoms with van der Waals surface area (Å²) in [6, 6.07) is 30.7. The van der Waals surface area contributed by atoms with Gasteiger partial charge in [0, 0.05) is 22.5 Å². The Bertz CT molecular complexity index is 1080. The van der Waals surface area contributed by atoms with Crippen LogP contribution in [0, 0.1) is 6.92 Å². The van der Waals surface area contributed by atoms with Crippen LogP contribution in [0.5, 0.6) is 0 Å². The number of Topliss-reactive ketones (excluding diaryl/α,β-unsaturated/α-hetero) is 1. The first-order valence-electron chi connectivity index (χ1n) is 9.11. The molecule has 0 spiro atoms. The molecule has 0 aliphatic carbocycles. The fourth-order valence-electron chi connectivity index (χ4n) is 3.78. The predicted octanol–water partition coefficient (Wildman–Crippen LogP) is 6.32. The van der Waals surface area contributed by atoms with Crippen LogP contribution in [0.4, 0.5) is 0 Å². The highest BCUT2D eigenvalue weighted by Crippen LogP contribution is 2.41. The second-order valence-electron chi connectivity index (χ2n) is 6.64. The van der Waals surface area contributed by atoms with Crippen molar-refractivity contribution in [1.29, 1.82) is 0 Å². The van der Waals surface area contributed by atoms with Crippen molar-refractivity contribution in [2.75, 3.05) is 0 Å². The zero-order valence-electron chi connectivity index (χ0n) is 15.5. The molecule has 0 saturated heterocycles. The summed E-state index contributed by atoms with van der Waals surface area (Å²) in [7, 11) is 0. The molecule has 0 N–H and O–H groups in total. The molecular weight excluding hydrogens is 330 g/mol. The summed E-state index contributed by atoms with van der Waals surface area (Å²) >= 11 is 0. The van der Waals surface area contributed by atoms with Gasteiger partial charge < -0.3 is 4.57 Å². The summed E-state index contributed by atoms with van der Waals surface area (Å²) in [6.45, 7) is 3.68. The topological polar surface area (TPSA) is 22.0 Å². The Morgan fingerprint density at radius 2 is 1.19 bits per heavy atom. The molecule has 0 unspecified atom stereocenters. The van der Waals surface area contributed by atoms with Crippen LogP contribution >= 0.6 is 0 Å².